The summed E-state index contributed by atoms with van der Waals surface area (Å²) in [5.41, 5.74) is 7.48. The zero-order valence-electron chi connectivity index (χ0n) is 11.0. The summed E-state index contributed by atoms with van der Waals surface area (Å²) in [5.74, 6) is 0.492. The van der Waals surface area contributed by atoms with Crippen LogP contribution in [0, 0.1) is 0 Å². The monoisotopic (exact) mass is 290 g/mol. The van der Waals surface area contributed by atoms with Gasteiger partial charge < -0.3 is 15.8 Å². The van der Waals surface area contributed by atoms with E-state index in [2.05, 4.69) is 5.32 Å². The number of hydrogen-bond donors (Lipinski definition) is 2. The third-order valence-electron chi connectivity index (χ3n) is 2.85. The van der Waals surface area contributed by atoms with Crippen molar-refractivity contribution >= 4 is 23.2 Å². The van der Waals surface area contributed by atoms with Gasteiger partial charge in [0.25, 0.3) is 5.91 Å². The van der Waals surface area contributed by atoms with E-state index < -0.39 is 0 Å². The van der Waals surface area contributed by atoms with Crippen molar-refractivity contribution in [3.63, 3.8) is 0 Å². The van der Waals surface area contributed by atoms with E-state index in [1.54, 1.807) is 25.3 Å². The van der Waals surface area contributed by atoms with Crippen LogP contribution < -0.4 is 15.8 Å². The van der Waals surface area contributed by atoms with Crippen molar-refractivity contribution in [1.29, 1.82) is 0 Å². The molecule has 1 amide bonds. The Morgan fingerprint density at radius 2 is 2.10 bits per heavy atom. The Kier molecular flexibility index (Phi) is 4.48. The van der Waals surface area contributed by atoms with Gasteiger partial charge in [-0.2, -0.15) is 0 Å². The SMILES string of the molecule is COc1cccc(CNC(=O)c2cc(Cl)ccc2N)c1. The van der Waals surface area contributed by atoms with Crippen molar-refractivity contribution in [2.75, 3.05) is 12.8 Å². The van der Waals surface area contributed by atoms with Crippen LogP contribution in [0.4, 0.5) is 5.69 Å². The van der Waals surface area contributed by atoms with Crippen LogP contribution >= 0.6 is 11.6 Å². The van der Waals surface area contributed by atoms with Crippen molar-refractivity contribution in [1.82, 2.24) is 5.32 Å². The Bertz CT molecular complexity index is 629. The van der Waals surface area contributed by atoms with E-state index in [0.29, 0.717) is 22.8 Å². The maximum absolute atomic E-state index is 12.1. The van der Waals surface area contributed by atoms with E-state index in [1.807, 2.05) is 24.3 Å². The van der Waals surface area contributed by atoms with Gasteiger partial charge in [-0.1, -0.05) is 23.7 Å². The van der Waals surface area contributed by atoms with Gasteiger partial charge in [-0.05, 0) is 35.9 Å². The van der Waals surface area contributed by atoms with Gasteiger partial charge in [-0.15, -0.1) is 0 Å². The number of ether oxygens (including phenoxy) is 1. The molecule has 2 rings (SSSR count). The number of carbonyl (C=O) groups excluding carboxylic acids is 1. The van der Waals surface area contributed by atoms with Crippen molar-refractivity contribution in [2.24, 2.45) is 0 Å². The van der Waals surface area contributed by atoms with Gasteiger partial charge in [0.1, 0.15) is 5.75 Å². The molecule has 20 heavy (non-hydrogen) atoms. The first kappa shape index (κ1) is 14.2. The number of methoxy groups -OCH3 is 1. The van der Waals surface area contributed by atoms with Crippen LogP contribution in [0.5, 0.6) is 5.75 Å². The van der Waals surface area contributed by atoms with Crippen LogP contribution in [-0.2, 0) is 6.54 Å². The summed E-state index contributed by atoms with van der Waals surface area (Å²) in [4.78, 5) is 12.1. The highest BCUT2D eigenvalue weighted by Crippen LogP contribution is 2.18. The highest BCUT2D eigenvalue weighted by Gasteiger charge is 2.10. The highest BCUT2D eigenvalue weighted by atomic mass is 35.5. The predicted molar refractivity (Wildman–Crippen MR) is 80.0 cm³/mol. The average molecular weight is 291 g/mol. The van der Waals surface area contributed by atoms with Crippen LogP contribution in [-0.4, -0.2) is 13.0 Å². The summed E-state index contributed by atoms with van der Waals surface area (Å²) in [6, 6.07) is 12.3. The number of nitrogens with two attached hydrogens (primary N) is 1. The van der Waals surface area contributed by atoms with E-state index in [1.165, 1.54) is 0 Å². The maximum atomic E-state index is 12.1. The molecule has 0 fully saturated rings. The lowest BCUT2D eigenvalue weighted by Gasteiger charge is -2.09. The van der Waals surface area contributed by atoms with Crippen molar-refractivity contribution in [3.8, 4) is 5.75 Å². The molecule has 0 saturated heterocycles. The largest absolute Gasteiger partial charge is 0.497 e. The number of rotatable bonds is 4. The fourth-order valence-corrected chi connectivity index (χ4v) is 1.96. The van der Waals surface area contributed by atoms with Crippen LogP contribution in [0.1, 0.15) is 15.9 Å². The number of anilines is 1. The van der Waals surface area contributed by atoms with Gasteiger partial charge in [0.15, 0.2) is 0 Å². The summed E-state index contributed by atoms with van der Waals surface area (Å²) in [5, 5.41) is 3.28. The molecule has 4 nitrogen and oxygen atoms in total. The van der Waals surface area contributed by atoms with E-state index >= 15 is 0 Å². The molecule has 104 valence electrons. The fraction of sp³-hybridized carbons (Fsp3) is 0.133. The minimum absolute atomic E-state index is 0.257. The van der Waals surface area contributed by atoms with Gasteiger partial charge in [0, 0.05) is 17.3 Å². The number of amides is 1. The highest BCUT2D eigenvalue weighted by molar-refractivity contribution is 6.31. The third-order valence-corrected chi connectivity index (χ3v) is 3.08. The lowest BCUT2D eigenvalue weighted by atomic mass is 10.1. The summed E-state index contributed by atoms with van der Waals surface area (Å²) in [6.07, 6.45) is 0. The van der Waals surface area contributed by atoms with E-state index in [-0.39, 0.29) is 5.91 Å². The number of carbonyl (C=O) groups is 1. The molecule has 0 aliphatic rings. The minimum atomic E-state index is -0.257. The fourth-order valence-electron chi connectivity index (χ4n) is 1.79. The number of nitrogen functional groups attached to an aromatic ring is 1. The molecule has 0 aliphatic carbocycles. The topological polar surface area (TPSA) is 64.3 Å². The number of hydrogen-bond acceptors (Lipinski definition) is 3. The molecule has 0 atom stereocenters. The predicted octanol–water partition coefficient (Wildman–Crippen LogP) is 2.86. The molecule has 0 radical (unpaired) electrons. The number of halogens is 1. The van der Waals surface area contributed by atoms with Crippen molar-refractivity contribution in [2.45, 2.75) is 6.54 Å². The van der Waals surface area contributed by atoms with Crippen LogP contribution in [0.15, 0.2) is 42.5 Å². The van der Waals surface area contributed by atoms with Crippen LogP contribution in [0.3, 0.4) is 0 Å². The lowest BCUT2D eigenvalue weighted by molar-refractivity contribution is 0.0951. The Hall–Kier alpha value is -2.20. The normalized spacial score (nSPS) is 10.1. The second-order valence-corrected chi connectivity index (χ2v) is 4.70. The van der Waals surface area contributed by atoms with E-state index in [9.17, 15) is 4.79 Å². The zero-order valence-corrected chi connectivity index (χ0v) is 11.8. The van der Waals surface area contributed by atoms with Gasteiger partial charge >= 0.3 is 0 Å². The Balaban J connectivity index is 2.06. The quantitative estimate of drug-likeness (QED) is 0.851. The molecule has 0 bridgehead atoms. The Morgan fingerprint density at radius 3 is 2.85 bits per heavy atom. The Morgan fingerprint density at radius 1 is 1.30 bits per heavy atom. The van der Waals surface area contributed by atoms with Crippen molar-refractivity contribution < 1.29 is 9.53 Å². The van der Waals surface area contributed by atoms with Crippen LogP contribution in [0.25, 0.3) is 0 Å². The molecule has 5 heteroatoms. The molecule has 2 aromatic rings. The maximum Gasteiger partial charge on any atom is 0.253 e. The summed E-state index contributed by atoms with van der Waals surface area (Å²) < 4.78 is 5.13. The summed E-state index contributed by atoms with van der Waals surface area (Å²) in [6.45, 7) is 0.391. The second kappa shape index (κ2) is 6.30. The summed E-state index contributed by atoms with van der Waals surface area (Å²) in [7, 11) is 1.60. The molecule has 0 aliphatic heterocycles. The van der Waals surface area contributed by atoms with Gasteiger partial charge in [-0.25, -0.2) is 0 Å². The minimum Gasteiger partial charge on any atom is -0.497 e. The third kappa shape index (κ3) is 3.42. The standard InChI is InChI=1S/C15H15ClN2O2/c1-20-12-4-2-3-10(7-12)9-18-15(19)13-8-11(16)5-6-14(13)17/h2-8H,9,17H2,1H3,(H,18,19). The first-order chi connectivity index (χ1) is 9.60. The number of benzene rings is 2. The molecule has 0 heterocycles. The van der Waals surface area contributed by atoms with E-state index in [0.717, 1.165) is 11.3 Å². The van der Waals surface area contributed by atoms with Gasteiger partial charge in [0.2, 0.25) is 0 Å². The van der Waals surface area contributed by atoms with Gasteiger partial charge in [-0.3, -0.25) is 4.79 Å². The molecular weight excluding hydrogens is 276 g/mol. The van der Waals surface area contributed by atoms with E-state index in [4.69, 9.17) is 22.1 Å². The molecule has 0 aromatic heterocycles. The molecule has 0 unspecified atom stereocenters. The zero-order chi connectivity index (χ0) is 14.5. The number of nitrogens with one attached hydrogen (secondary N) is 1. The van der Waals surface area contributed by atoms with Crippen LogP contribution in [0.2, 0.25) is 5.02 Å². The first-order valence-electron chi connectivity index (χ1n) is 6.06. The second-order valence-electron chi connectivity index (χ2n) is 4.27. The average Bonchev–Trinajstić information content (AvgIpc) is 2.47. The molecule has 0 spiro atoms. The molecular formula is C15H15ClN2O2. The first-order valence-corrected chi connectivity index (χ1v) is 6.44. The van der Waals surface area contributed by atoms with Crippen molar-refractivity contribution in [3.05, 3.63) is 58.6 Å². The molecule has 3 N–H and O–H groups in total. The van der Waals surface area contributed by atoms with Gasteiger partial charge in [0.05, 0.1) is 12.7 Å². The smallest absolute Gasteiger partial charge is 0.253 e. The molecule has 0 saturated carbocycles. The Labute approximate surface area is 122 Å². The molecule has 2 aromatic carbocycles. The lowest BCUT2D eigenvalue weighted by Crippen LogP contribution is -2.23. The summed E-state index contributed by atoms with van der Waals surface area (Å²) >= 11 is 5.87.